The minimum atomic E-state index is -1.28. The lowest BCUT2D eigenvalue weighted by atomic mass is 10.1. The molecular formula is C13H12N2O6. The number of pyridine rings is 1. The van der Waals surface area contributed by atoms with Crippen molar-refractivity contribution in [3.63, 3.8) is 0 Å². The fraction of sp³-hybridized carbons (Fsp3) is 0.231. The van der Waals surface area contributed by atoms with E-state index in [1.165, 1.54) is 32.5 Å². The molecule has 8 heteroatoms. The molecule has 2 aromatic rings. The molecule has 21 heavy (non-hydrogen) atoms. The summed E-state index contributed by atoms with van der Waals surface area (Å²) in [4.78, 5) is 26.0. The average Bonchev–Trinajstić information content (AvgIpc) is 2.51. The summed E-state index contributed by atoms with van der Waals surface area (Å²) in [7, 11) is 2.48. The molecule has 0 spiro atoms. The molecule has 0 saturated carbocycles. The summed E-state index contributed by atoms with van der Waals surface area (Å²) in [5.41, 5.74) is 0.162. The van der Waals surface area contributed by atoms with Crippen molar-refractivity contribution >= 4 is 22.6 Å². The highest BCUT2D eigenvalue weighted by Crippen LogP contribution is 2.31. The summed E-state index contributed by atoms with van der Waals surface area (Å²) in [6, 6.07) is 5.77. The van der Waals surface area contributed by atoms with E-state index in [1.54, 1.807) is 12.1 Å². The Labute approximate surface area is 119 Å². The van der Waals surface area contributed by atoms with E-state index >= 15 is 0 Å². The number of nitrogens with zero attached hydrogens (tertiary/aromatic N) is 2. The van der Waals surface area contributed by atoms with Gasteiger partial charge in [0.1, 0.15) is 11.3 Å². The fourth-order valence-electron chi connectivity index (χ4n) is 1.79. The van der Waals surface area contributed by atoms with Crippen LogP contribution in [0.3, 0.4) is 0 Å². The van der Waals surface area contributed by atoms with Crippen molar-refractivity contribution in [1.29, 1.82) is 0 Å². The van der Waals surface area contributed by atoms with Gasteiger partial charge in [-0.2, -0.15) is 0 Å². The first-order valence-corrected chi connectivity index (χ1v) is 5.88. The van der Waals surface area contributed by atoms with E-state index < -0.39 is 17.2 Å². The molecule has 1 unspecified atom stereocenters. The third-order valence-electron chi connectivity index (χ3n) is 2.75. The molecule has 0 aliphatic rings. The topological polar surface area (TPSA) is 101 Å². The van der Waals surface area contributed by atoms with Crippen molar-refractivity contribution in [3.05, 3.63) is 40.6 Å². The lowest BCUT2D eigenvalue weighted by molar-refractivity contribution is -0.383. The number of hydrogen-bond acceptors (Lipinski definition) is 7. The fourth-order valence-corrected chi connectivity index (χ4v) is 1.79. The zero-order chi connectivity index (χ0) is 15.4. The number of benzene rings is 1. The van der Waals surface area contributed by atoms with Crippen LogP contribution in [0.4, 0.5) is 5.69 Å². The van der Waals surface area contributed by atoms with Crippen LogP contribution in [0.25, 0.3) is 10.9 Å². The molecule has 0 fully saturated rings. The second kappa shape index (κ2) is 6.14. The van der Waals surface area contributed by atoms with Gasteiger partial charge in [-0.15, -0.1) is 0 Å². The van der Waals surface area contributed by atoms with Gasteiger partial charge < -0.3 is 14.2 Å². The van der Waals surface area contributed by atoms with Crippen molar-refractivity contribution in [2.45, 2.75) is 6.29 Å². The van der Waals surface area contributed by atoms with Gasteiger partial charge in [-0.25, -0.2) is 4.79 Å². The number of carbonyl (C=O) groups excluding carboxylic acids is 1. The number of rotatable bonds is 5. The lowest BCUT2D eigenvalue weighted by Gasteiger charge is -2.15. The highest BCUT2D eigenvalue weighted by Gasteiger charge is 2.23. The van der Waals surface area contributed by atoms with Gasteiger partial charge >= 0.3 is 5.97 Å². The molecule has 1 atom stereocenters. The van der Waals surface area contributed by atoms with Crippen LogP contribution in [0.2, 0.25) is 0 Å². The first-order chi connectivity index (χ1) is 10.1. The number of ether oxygens (including phenoxy) is 3. The van der Waals surface area contributed by atoms with Crippen molar-refractivity contribution in [3.8, 4) is 5.75 Å². The Hall–Kier alpha value is -2.74. The molecule has 110 valence electrons. The van der Waals surface area contributed by atoms with Crippen LogP contribution < -0.4 is 4.74 Å². The van der Waals surface area contributed by atoms with Gasteiger partial charge in [0.2, 0.25) is 0 Å². The molecule has 0 radical (unpaired) electrons. The molecule has 0 aliphatic heterocycles. The number of fused-ring (bicyclic) bond motifs is 1. The first-order valence-electron chi connectivity index (χ1n) is 5.88. The summed E-state index contributed by atoms with van der Waals surface area (Å²) < 4.78 is 14.8. The summed E-state index contributed by atoms with van der Waals surface area (Å²) in [6.07, 6.45) is 0.195. The van der Waals surface area contributed by atoms with Gasteiger partial charge in [-0.1, -0.05) is 0 Å². The van der Waals surface area contributed by atoms with E-state index in [0.717, 1.165) is 0 Å². The predicted octanol–water partition coefficient (Wildman–Crippen LogP) is 1.67. The second-order valence-electron chi connectivity index (χ2n) is 3.95. The maximum absolute atomic E-state index is 11.5. The number of nitro groups is 1. The minimum absolute atomic E-state index is 0.0996. The Morgan fingerprint density at radius 3 is 2.71 bits per heavy atom. The van der Waals surface area contributed by atoms with Gasteiger partial charge in [-0.3, -0.25) is 15.1 Å². The lowest BCUT2D eigenvalue weighted by Crippen LogP contribution is -2.30. The van der Waals surface area contributed by atoms with E-state index in [4.69, 9.17) is 9.47 Å². The molecule has 8 nitrogen and oxygen atoms in total. The second-order valence-corrected chi connectivity index (χ2v) is 3.95. The smallest absolute Gasteiger partial charge is 0.376 e. The zero-order valence-electron chi connectivity index (χ0n) is 11.3. The summed E-state index contributed by atoms with van der Waals surface area (Å²) in [6.45, 7) is 0. The Kier molecular flexibility index (Phi) is 4.29. The Morgan fingerprint density at radius 2 is 2.10 bits per heavy atom. The molecule has 1 aromatic carbocycles. The van der Waals surface area contributed by atoms with E-state index in [-0.39, 0.29) is 17.0 Å². The Bertz CT molecular complexity index is 687. The third-order valence-corrected chi connectivity index (χ3v) is 2.75. The van der Waals surface area contributed by atoms with Crippen LogP contribution >= 0.6 is 0 Å². The highest BCUT2D eigenvalue weighted by atomic mass is 16.7. The number of esters is 1. The van der Waals surface area contributed by atoms with Crippen LogP contribution in [0.5, 0.6) is 5.75 Å². The average molecular weight is 292 g/mol. The van der Waals surface area contributed by atoms with E-state index in [0.29, 0.717) is 5.39 Å². The monoisotopic (exact) mass is 292 g/mol. The minimum Gasteiger partial charge on any atom is -0.464 e. The molecular weight excluding hydrogens is 280 g/mol. The van der Waals surface area contributed by atoms with E-state index in [9.17, 15) is 14.9 Å². The maximum Gasteiger partial charge on any atom is 0.376 e. The number of carbonyl (C=O) groups is 1. The van der Waals surface area contributed by atoms with Crippen molar-refractivity contribution in [1.82, 2.24) is 4.98 Å². The zero-order valence-corrected chi connectivity index (χ0v) is 11.3. The highest BCUT2D eigenvalue weighted by molar-refractivity contribution is 5.92. The Morgan fingerprint density at radius 1 is 1.33 bits per heavy atom. The summed E-state index contributed by atoms with van der Waals surface area (Å²) in [5, 5.41) is 11.3. The van der Waals surface area contributed by atoms with Gasteiger partial charge in [0.15, 0.2) is 0 Å². The molecule has 0 aliphatic carbocycles. The van der Waals surface area contributed by atoms with Crippen molar-refractivity contribution < 1.29 is 23.9 Å². The predicted molar refractivity (Wildman–Crippen MR) is 71.8 cm³/mol. The molecule has 1 aromatic heterocycles. The maximum atomic E-state index is 11.5. The number of non-ortho nitro benzene ring substituents is 1. The number of aromatic nitrogens is 1. The molecule has 0 bridgehead atoms. The van der Waals surface area contributed by atoms with Crippen LogP contribution in [0, 0.1) is 10.1 Å². The van der Waals surface area contributed by atoms with Crippen LogP contribution in [-0.2, 0) is 14.3 Å². The molecule has 0 N–H and O–H groups in total. The number of hydrogen-bond donors (Lipinski definition) is 0. The molecule has 1 heterocycles. The van der Waals surface area contributed by atoms with E-state index in [2.05, 4.69) is 9.72 Å². The van der Waals surface area contributed by atoms with Gasteiger partial charge in [0, 0.05) is 19.4 Å². The standard InChI is InChI=1S/C13H12N2O6/c1-19-12(16)13(20-2)21-10-6-5-9(15(17)18)8-4-3-7-14-11(8)10/h3-7,13H,1-2H3. The Balaban J connectivity index is 2.48. The van der Waals surface area contributed by atoms with E-state index in [1.807, 2.05) is 0 Å². The van der Waals surface area contributed by atoms with Crippen molar-refractivity contribution in [2.24, 2.45) is 0 Å². The summed E-state index contributed by atoms with van der Waals surface area (Å²) in [5.74, 6) is -0.534. The van der Waals surface area contributed by atoms with Gasteiger partial charge in [0.05, 0.1) is 17.4 Å². The number of methoxy groups -OCH3 is 2. The largest absolute Gasteiger partial charge is 0.464 e. The quantitative estimate of drug-likeness (QED) is 0.357. The van der Waals surface area contributed by atoms with Crippen LogP contribution in [0.1, 0.15) is 0 Å². The first kappa shape index (κ1) is 14.7. The van der Waals surface area contributed by atoms with Crippen molar-refractivity contribution in [2.75, 3.05) is 14.2 Å². The third kappa shape index (κ3) is 2.90. The SMILES string of the molecule is COC(=O)C(OC)Oc1ccc([N+](=O)[O-])c2cccnc12. The molecule has 0 saturated heterocycles. The van der Waals surface area contributed by atoms with Gasteiger partial charge in [-0.05, 0) is 18.2 Å². The number of nitro benzene ring substituents is 1. The van der Waals surface area contributed by atoms with Crippen LogP contribution in [0.15, 0.2) is 30.5 Å². The summed E-state index contributed by atoms with van der Waals surface area (Å²) >= 11 is 0. The molecule has 2 rings (SSSR count). The normalized spacial score (nSPS) is 11.9. The van der Waals surface area contributed by atoms with Crippen LogP contribution in [-0.4, -0.2) is 36.4 Å². The molecule has 0 amide bonds. The van der Waals surface area contributed by atoms with Gasteiger partial charge in [0.25, 0.3) is 12.0 Å².